The topological polar surface area (TPSA) is 24.1 Å². The molecule has 4 unspecified atom stereocenters. The molecule has 0 aliphatic heterocycles. The summed E-state index contributed by atoms with van der Waals surface area (Å²) in [6, 6.07) is 13.5. The van der Waals surface area contributed by atoms with Crippen molar-refractivity contribution in [2.24, 2.45) is 17.8 Å². The molecule has 4 bridgehead atoms. The molecule has 0 amide bonds. The van der Waals surface area contributed by atoms with Gasteiger partial charge in [-0.05, 0) is 111 Å². The third-order valence-corrected chi connectivity index (χ3v) is 8.30. The Hall–Kier alpha value is -1.96. The highest BCUT2D eigenvalue weighted by atomic mass is 15.0. The van der Waals surface area contributed by atoms with Crippen molar-refractivity contribution in [3.63, 3.8) is 0 Å². The molecule has 29 heavy (non-hydrogen) atoms. The smallest absolute Gasteiger partial charge is 0.0581 e. The lowest BCUT2D eigenvalue weighted by molar-refractivity contribution is 0.328. The molecule has 0 spiro atoms. The highest BCUT2D eigenvalue weighted by Crippen LogP contribution is 2.56. The van der Waals surface area contributed by atoms with E-state index >= 15 is 0 Å². The Balaban J connectivity index is 1.41. The number of benzene rings is 2. The van der Waals surface area contributed by atoms with Gasteiger partial charge >= 0.3 is 0 Å². The van der Waals surface area contributed by atoms with Crippen LogP contribution in [0.2, 0.25) is 0 Å². The number of hydrogen-bond acceptors (Lipinski definition) is 2. The van der Waals surface area contributed by atoms with Crippen molar-refractivity contribution < 1.29 is 0 Å². The van der Waals surface area contributed by atoms with Gasteiger partial charge in [0.05, 0.1) is 11.4 Å². The van der Waals surface area contributed by atoms with Crippen molar-refractivity contribution in [3.8, 4) is 0 Å². The van der Waals surface area contributed by atoms with Crippen molar-refractivity contribution in [1.82, 2.24) is 0 Å². The third kappa shape index (κ3) is 3.56. The number of hydrogen-bond donors (Lipinski definition) is 2. The van der Waals surface area contributed by atoms with Crippen molar-refractivity contribution in [3.05, 3.63) is 58.7 Å². The molecule has 4 aliphatic carbocycles. The Morgan fingerprint density at radius 3 is 2.55 bits per heavy atom. The number of fused-ring (bicyclic) bond motifs is 2. The van der Waals surface area contributed by atoms with Crippen molar-refractivity contribution >= 4 is 11.4 Å². The molecule has 4 saturated carbocycles. The lowest BCUT2D eigenvalue weighted by Crippen LogP contribution is -2.41. The number of nitrogens with one attached hydrogen (secondary N) is 2. The maximum atomic E-state index is 4.15. The van der Waals surface area contributed by atoms with E-state index < -0.39 is 0 Å². The quantitative estimate of drug-likeness (QED) is 0.576. The van der Waals surface area contributed by atoms with Crippen LogP contribution in [0.25, 0.3) is 0 Å². The molecule has 0 radical (unpaired) electrons. The summed E-state index contributed by atoms with van der Waals surface area (Å²) in [5, 5.41) is 7.95. The van der Waals surface area contributed by atoms with Gasteiger partial charge in [0.25, 0.3) is 0 Å². The summed E-state index contributed by atoms with van der Waals surface area (Å²) in [7, 11) is 0. The van der Waals surface area contributed by atoms with Crippen LogP contribution in [-0.2, 0) is 6.54 Å². The molecule has 154 valence electrons. The first-order valence-electron chi connectivity index (χ1n) is 11.7. The van der Waals surface area contributed by atoms with Gasteiger partial charge in [-0.15, -0.1) is 0 Å². The summed E-state index contributed by atoms with van der Waals surface area (Å²) in [5.74, 6) is 2.82. The average molecular weight is 389 g/mol. The number of aryl methyl sites for hydroxylation is 3. The van der Waals surface area contributed by atoms with Gasteiger partial charge in [0.2, 0.25) is 0 Å². The fraction of sp³-hybridized carbons (Fsp3) is 0.556. The van der Waals surface area contributed by atoms with Crippen molar-refractivity contribution in [1.29, 1.82) is 0 Å². The monoisotopic (exact) mass is 388 g/mol. The minimum atomic E-state index is 0.334. The van der Waals surface area contributed by atoms with Gasteiger partial charge in [0.1, 0.15) is 0 Å². The van der Waals surface area contributed by atoms with Crippen LogP contribution in [0.3, 0.4) is 0 Å². The summed E-state index contributed by atoms with van der Waals surface area (Å²) in [6.07, 6.45) is 10.0. The second-order valence-corrected chi connectivity index (χ2v) is 10.3. The molecule has 2 aromatic carbocycles. The molecule has 4 fully saturated rings. The lowest BCUT2D eigenvalue weighted by Gasteiger charge is -2.37. The molecule has 2 aromatic rings. The predicted octanol–water partition coefficient (Wildman–Crippen LogP) is 6.99. The largest absolute Gasteiger partial charge is 0.379 e. The van der Waals surface area contributed by atoms with E-state index in [2.05, 4.69) is 67.8 Å². The van der Waals surface area contributed by atoms with Crippen LogP contribution in [0, 0.1) is 38.5 Å². The minimum Gasteiger partial charge on any atom is -0.379 e. The Bertz CT molecular complexity index is 881. The molecule has 4 aliphatic rings. The van der Waals surface area contributed by atoms with Crippen LogP contribution in [0.15, 0.2) is 36.4 Å². The third-order valence-electron chi connectivity index (χ3n) is 8.30. The zero-order valence-electron chi connectivity index (χ0n) is 18.4. The fourth-order valence-corrected chi connectivity index (χ4v) is 6.73. The Kier molecular flexibility index (Phi) is 4.84. The maximum Gasteiger partial charge on any atom is 0.0581 e. The molecule has 0 saturated heterocycles. The molecule has 4 atom stereocenters. The summed E-state index contributed by atoms with van der Waals surface area (Å²) < 4.78 is 0. The second-order valence-electron chi connectivity index (χ2n) is 10.3. The molecule has 2 heteroatoms. The number of rotatable bonds is 5. The standard InChI is InChI=1S/C27H36N2/c1-18-7-10-25(26(13-18)28-17-24-19(2)5-4-6-20(24)3)29-27-12-11-21-8-9-23(27)15-22(14-21)16-27/h4-7,10,13,21-23,28-29H,8-9,11-12,14-17H2,1-3H3. The molecule has 0 heterocycles. The molecule has 0 aromatic heterocycles. The predicted molar refractivity (Wildman–Crippen MR) is 124 cm³/mol. The molecule has 6 rings (SSSR count). The van der Waals surface area contributed by atoms with E-state index in [1.54, 1.807) is 0 Å². The summed E-state index contributed by atoms with van der Waals surface area (Å²) in [5.41, 5.74) is 8.41. The lowest BCUT2D eigenvalue weighted by atomic mass is 9.82. The highest BCUT2D eigenvalue weighted by Gasteiger charge is 2.51. The average Bonchev–Trinajstić information content (AvgIpc) is 2.85. The normalized spacial score (nSPS) is 30.2. The van der Waals surface area contributed by atoms with Crippen LogP contribution < -0.4 is 10.6 Å². The first-order valence-corrected chi connectivity index (χ1v) is 11.7. The van der Waals surface area contributed by atoms with E-state index in [4.69, 9.17) is 0 Å². The number of anilines is 2. The van der Waals surface area contributed by atoms with Gasteiger partial charge in [-0.25, -0.2) is 0 Å². The summed E-state index contributed by atoms with van der Waals surface area (Å²) in [4.78, 5) is 0. The van der Waals surface area contributed by atoms with E-state index in [0.717, 1.165) is 24.3 Å². The molecule has 2 N–H and O–H groups in total. The Morgan fingerprint density at radius 1 is 0.897 bits per heavy atom. The van der Waals surface area contributed by atoms with E-state index in [1.165, 1.54) is 78.6 Å². The maximum absolute atomic E-state index is 4.15. The molecule has 2 nitrogen and oxygen atoms in total. The highest BCUT2D eigenvalue weighted by molar-refractivity contribution is 5.71. The van der Waals surface area contributed by atoms with E-state index in [-0.39, 0.29) is 0 Å². The van der Waals surface area contributed by atoms with Crippen LogP contribution in [0.5, 0.6) is 0 Å². The van der Waals surface area contributed by atoms with Gasteiger partial charge in [-0.3, -0.25) is 0 Å². The van der Waals surface area contributed by atoms with E-state index in [0.29, 0.717) is 5.54 Å². The van der Waals surface area contributed by atoms with Crippen LogP contribution in [0.4, 0.5) is 11.4 Å². The van der Waals surface area contributed by atoms with Gasteiger partial charge in [0, 0.05) is 12.1 Å². The van der Waals surface area contributed by atoms with Crippen LogP contribution >= 0.6 is 0 Å². The zero-order chi connectivity index (χ0) is 20.0. The first-order chi connectivity index (χ1) is 14.0. The fourth-order valence-electron chi connectivity index (χ4n) is 6.73. The van der Waals surface area contributed by atoms with Gasteiger partial charge < -0.3 is 10.6 Å². The Morgan fingerprint density at radius 2 is 1.72 bits per heavy atom. The van der Waals surface area contributed by atoms with Crippen molar-refractivity contribution in [2.45, 2.75) is 77.8 Å². The zero-order valence-corrected chi connectivity index (χ0v) is 18.4. The molecular weight excluding hydrogens is 352 g/mol. The summed E-state index contributed by atoms with van der Waals surface area (Å²) >= 11 is 0. The minimum absolute atomic E-state index is 0.334. The van der Waals surface area contributed by atoms with Crippen molar-refractivity contribution in [2.75, 3.05) is 10.6 Å². The Labute approximate surface area is 176 Å². The van der Waals surface area contributed by atoms with E-state index in [1.807, 2.05) is 0 Å². The van der Waals surface area contributed by atoms with Gasteiger partial charge in [-0.1, -0.05) is 30.7 Å². The first kappa shape index (κ1) is 19.0. The van der Waals surface area contributed by atoms with E-state index in [9.17, 15) is 0 Å². The van der Waals surface area contributed by atoms with Crippen LogP contribution in [0.1, 0.15) is 67.2 Å². The van der Waals surface area contributed by atoms with Gasteiger partial charge in [-0.2, -0.15) is 0 Å². The second kappa shape index (κ2) is 7.38. The SMILES string of the molecule is Cc1ccc(NC23CCC4CCC2CC(C4)C3)c(NCc2c(C)cccc2C)c1. The van der Waals surface area contributed by atoms with Crippen LogP contribution in [-0.4, -0.2) is 5.54 Å². The molecular formula is C27H36N2. The summed E-state index contributed by atoms with van der Waals surface area (Å²) in [6.45, 7) is 7.53. The van der Waals surface area contributed by atoms with Gasteiger partial charge in [0.15, 0.2) is 0 Å².